The Balaban J connectivity index is 1.90. The molecule has 2 N–H and O–H groups in total. The van der Waals surface area contributed by atoms with Gasteiger partial charge in [-0.15, -0.1) is 0 Å². The molecule has 1 aromatic heterocycles. The molecule has 0 unspecified atom stereocenters. The van der Waals surface area contributed by atoms with Crippen LogP contribution < -0.4 is 5.32 Å². The highest BCUT2D eigenvalue weighted by Gasteiger charge is 2.19. The van der Waals surface area contributed by atoms with Gasteiger partial charge in [0.15, 0.2) is 17.5 Å². The molecule has 1 atom stereocenters. The van der Waals surface area contributed by atoms with Crippen molar-refractivity contribution < 1.29 is 18.3 Å². The fourth-order valence-electron chi connectivity index (χ4n) is 2.69. The van der Waals surface area contributed by atoms with E-state index in [0.29, 0.717) is 6.42 Å². The van der Waals surface area contributed by atoms with Crippen molar-refractivity contribution in [3.05, 3.63) is 71.2 Å². The van der Waals surface area contributed by atoms with Gasteiger partial charge in [-0.05, 0) is 11.6 Å². The van der Waals surface area contributed by atoms with E-state index in [1.165, 1.54) is 0 Å². The number of anilines is 1. The largest absolute Gasteiger partial charge is 0.391 e. The van der Waals surface area contributed by atoms with Crippen LogP contribution in [-0.2, 0) is 6.42 Å². The molecule has 132 valence electrons. The van der Waals surface area contributed by atoms with E-state index in [1.807, 2.05) is 36.4 Å². The van der Waals surface area contributed by atoms with Gasteiger partial charge in [-0.25, -0.2) is 13.2 Å². The number of nitriles is 1. The maximum absolute atomic E-state index is 13.9. The first kappa shape index (κ1) is 17.7. The van der Waals surface area contributed by atoms with Crippen molar-refractivity contribution in [3.8, 4) is 6.07 Å². The van der Waals surface area contributed by atoms with E-state index in [9.17, 15) is 23.5 Å². The van der Waals surface area contributed by atoms with Crippen LogP contribution in [0.3, 0.4) is 0 Å². The minimum Gasteiger partial charge on any atom is -0.391 e. The van der Waals surface area contributed by atoms with Crippen LogP contribution in [0.15, 0.2) is 42.6 Å². The molecule has 0 aliphatic heterocycles. The highest BCUT2D eigenvalue weighted by Crippen LogP contribution is 2.30. The molecule has 2 aromatic carbocycles. The monoisotopic (exact) mass is 357 g/mol. The quantitative estimate of drug-likeness (QED) is 0.686. The molecule has 4 nitrogen and oxygen atoms in total. The number of hydrogen-bond acceptors (Lipinski definition) is 4. The van der Waals surface area contributed by atoms with Crippen LogP contribution in [-0.4, -0.2) is 22.7 Å². The van der Waals surface area contributed by atoms with Gasteiger partial charge in [0, 0.05) is 24.5 Å². The van der Waals surface area contributed by atoms with Gasteiger partial charge in [-0.1, -0.05) is 30.3 Å². The van der Waals surface area contributed by atoms with E-state index in [0.717, 1.165) is 17.8 Å². The molecule has 3 rings (SSSR count). The predicted molar refractivity (Wildman–Crippen MR) is 91.0 cm³/mol. The summed E-state index contributed by atoms with van der Waals surface area (Å²) < 4.78 is 40.9. The maximum atomic E-state index is 13.9. The second-order valence-corrected chi connectivity index (χ2v) is 5.77. The molecule has 0 fully saturated rings. The SMILES string of the molecule is N#Cc1cnc2c(F)c(F)c(F)cc2c1NC[C@@H](O)Cc1ccccc1. The van der Waals surface area contributed by atoms with Gasteiger partial charge < -0.3 is 10.4 Å². The number of benzene rings is 2. The van der Waals surface area contributed by atoms with Crippen molar-refractivity contribution in [2.75, 3.05) is 11.9 Å². The number of halogens is 3. The summed E-state index contributed by atoms with van der Waals surface area (Å²) in [6, 6.07) is 11.9. The number of pyridine rings is 1. The molecule has 0 spiro atoms. The Labute approximate surface area is 147 Å². The number of aromatic nitrogens is 1. The Morgan fingerprint density at radius 3 is 2.58 bits per heavy atom. The second-order valence-electron chi connectivity index (χ2n) is 5.77. The standard InChI is InChI=1S/C19H14F3N3O/c20-15-7-14-18(12(8-23)9-24-19(14)17(22)16(15)21)25-10-13(26)6-11-4-2-1-3-5-11/h1-5,7,9,13,26H,6,10H2,(H,24,25)/t13-/m0/s1. The molecule has 0 aliphatic rings. The first-order chi connectivity index (χ1) is 12.5. The lowest BCUT2D eigenvalue weighted by molar-refractivity contribution is 0.188. The molecule has 0 radical (unpaired) electrons. The van der Waals surface area contributed by atoms with Crippen LogP contribution in [0.25, 0.3) is 10.9 Å². The smallest absolute Gasteiger partial charge is 0.196 e. The summed E-state index contributed by atoms with van der Waals surface area (Å²) in [7, 11) is 0. The van der Waals surface area contributed by atoms with Crippen LogP contribution in [0.2, 0.25) is 0 Å². The zero-order chi connectivity index (χ0) is 18.7. The van der Waals surface area contributed by atoms with Gasteiger partial charge >= 0.3 is 0 Å². The average Bonchev–Trinajstić information content (AvgIpc) is 2.65. The summed E-state index contributed by atoms with van der Waals surface area (Å²) in [6.45, 7) is 0.0311. The van der Waals surface area contributed by atoms with Gasteiger partial charge in [-0.3, -0.25) is 4.98 Å². The van der Waals surface area contributed by atoms with Crippen LogP contribution in [0, 0.1) is 28.8 Å². The van der Waals surface area contributed by atoms with Gasteiger partial charge in [0.1, 0.15) is 11.6 Å². The Morgan fingerprint density at radius 2 is 1.88 bits per heavy atom. The number of hydrogen-bond donors (Lipinski definition) is 2. The van der Waals surface area contributed by atoms with E-state index < -0.39 is 23.6 Å². The summed E-state index contributed by atoms with van der Waals surface area (Å²) in [5.74, 6) is -4.41. The Hall–Kier alpha value is -3.11. The highest BCUT2D eigenvalue weighted by molar-refractivity contribution is 5.94. The van der Waals surface area contributed by atoms with E-state index in [-0.39, 0.29) is 28.7 Å². The van der Waals surface area contributed by atoms with E-state index in [2.05, 4.69) is 10.3 Å². The lowest BCUT2D eigenvalue weighted by Crippen LogP contribution is -2.22. The molecule has 26 heavy (non-hydrogen) atoms. The van der Waals surface area contributed by atoms with Crippen molar-refractivity contribution in [1.29, 1.82) is 5.26 Å². The zero-order valence-corrected chi connectivity index (χ0v) is 13.5. The third-order valence-electron chi connectivity index (χ3n) is 3.95. The third-order valence-corrected chi connectivity index (χ3v) is 3.95. The molecule has 1 heterocycles. The fourth-order valence-corrected chi connectivity index (χ4v) is 2.69. The molecule has 3 aromatic rings. The molecular weight excluding hydrogens is 343 g/mol. The first-order valence-electron chi connectivity index (χ1n) is 7.83. The summed E-state index contributed by atoms with van der Waals surface area (Å²) >= 11 is 0. The number of aliphatic hydroxyl groups is 1. The zero-order valence-electron chi connectivity index (χ0n) is 13.5. The lowest BCUT2D eigenvalue weighted by atomic mass is 10.1. The van der Waals surface area contributed by atoms with Crippen molar-refractivity contribution in [3.63, 3.8) is 0 Å². The summed E-state index contributed by atoms with van der Waals surface area (Å²) in [5, 5.41) is 22.2. The molecule has 0 aliphatic carbocycles. The topological polar surface area (TPSA) is 68.9 Å². The number of nitrogens with zero attached hydrogens (tertiary/aromatic N) is 2. The van der Waals surface area contributed by atoms with Gasteiger partial charge in [-0.2, -0.15) is 5.26 Å². The molecular formula is C19H14F3N3O. The minimum atomic E-state index is -1.62. The number of rotatable bonds is 5. The van der Waals surface area contributed by atoms with Crippen LogP contribution in [0.1, 0.15) is 11.1 Å². The molecule has 7 heteroatoms. The normalized spacial score (nSPS) is 12.0. The Morgan fingerprint density at radius 1 is 1.15 bits per heavy atom. The van der Waals surface area contributed by atoms with Crippen molar-refractivity contribution in [1.82, 2.24) is 4.98 Å². The van der Waals surface area contributed by atoms with Gasteiger partial charge in [0.25, 0.3) is 0 Å². The number of fused-ring (bicyclic) bond motifs is 1. The van der Waals surface area contributed by atoms with Crippen molar-refractivity contribution in [2.45, 2.75) is 12.5 Å². The molecule has 0 saturated heterocycles. The molecule has 0 saturated carbocycles. The van der Waals surface area contributed by atoms with Crippen LogP contribution in [0.5, 0.6) is 0 Å². The minimum absolute atomic E-state index is 0.0311. The van der Waals surface area contributed by atoms with Crippen LogP contribution >= 0.6 is 0 Å². The van der Waals surface area contributed by atoms with E-state index in [4.69, 9.17) is 0 Å². The molecule has 0 bridgehead atoms. The highest BCUT2D eigenvalue weighted by atomic mass is 19.2. The Kier molecular flexibility index (Phi) is 5.05. The second kappa shape index (κ2) is 7.42. The van der Waals surface area contributed by atoms with Crippen molar-refractivity contribution in [2.24, 2.45) is 0 Å². The number of aliphatic hydroxyl groups excluding tert-OH is 1. The van der Waals surface area contributed by atoms with Crippen molar-refractivity contribution >= 4 is 16.6 Å². The Bertz CT molecular complexity index is 987. The maximum Gasteiger partial charge on any atom is 0.196 e. The number of nitrogens with one attached hydrogen (secondary N) is 1. The molecule has 0 amide bonds. The lowest BCUT2D eigenvalue weighted by Gasteiger charge is -2.16. The third kappa shape index (κ3) is 3.46. The summed E-state index contributed by atoms with van der Waals surface area (Å²) in [6.07, 6.45) is 0.632. The van der Waals surface area contributed by atoms with Gasteiger partial charge in [0.2, 0.25) is 0 Å². The summed E-state index contributed by atoms with van der Waals surface area (Å²) in [4.78, 5) is 3.70. The summed E-state index contributed by atoms with van der Waals surface area (Å²) in [5.41, 5.74) is 0.668. The fraction of sp³-hybridized carbons (Fsp3) is 0.158. The first-order valence-corrected chi connectivity index (χ1v) is 7.83. The van der Waals surface area contributed by atoms with Crippen LogP contribution in [0.4, 0.5) is 18.9 Å². The average molecular weight is 357 g/mol. The van der Waals surface area contributed by atoms with Gasteiger partial charge in [0.05, 0.1) is 17.4 Å². The predicted octanol–water partition coefficient (Wildman–Crippen LogP) is 3.54. The van der Waals surface area contributed by atoms with E-state index >= 15 is 0 Å². The van der Waals surface area contributed by atoms with E-state index in [1.54, 1.807) is 0 Å².